The second kappa shape index (κ2) is 30.8. The Morgan fingerprint density at radius 2 is 0.533 bits per heavy atom. The molecule has 6 heteroatoms. The van der Waals surface area contributed by atoms with Crippen molar-refractivity contribution in [1.29, 1.82) is 0 Å². The molecule has 6 rings (SSSR count). The Labute approximate surface area is 574 Å². The van der Waals surface area contributed by atoms with E-state index in [4.69, 9.17) is 46.4 Å². The van der Waals surface area contributed by atoms with Crippen molar-refractivity contribution in [3.63, 3.8) is 0 Å². The third-order valence-corrected chi connectivity index (χ3v) is 17.1. The van der Waals surface area contributed by atoms with E-state index in [1.54, 1.807) is 6.07 Å². The molecule has 0 spiro atoms. The van der Waals surface area contributed by atoms with Gasteiger partial charge in [-0.2, -0.15) is 0 Å². The summed E-state index contributed by atoms with van der Waals surface area (Å²) in [4.78, 5) is 4.48. The summed E-state index contributed by atoms with van der Waals surface area (Å²) in [7, 11) is 0. The molecule has 1 nitrogen and oxygen atoms in total. The Morgan fingerprint density at radius 1 is 0.256 bits per heavy atom. The summed E-state index contributed by atoms with van der Waals surface area (Å²) in [5.41, 5.74) is 17.2. The van der Waals surface area contributed by atoms with Crippen LogP contribution in [0.4, 0.5) is 4.39 Å². The number of halogens is 5. The number of rotatable bonds is 0. The van der Waals surface area contributed by atoms with Crippen molar-refractivity contribution in [2.24, 2.45) is 0 Å². The van der Waals surface area contributed by atoms with Crippen LogP contribution in [0.25, 0.3) is 0 Å². The van der Waals surface area contributed by atoms with Gasteiger partial charge < -0.3 is 0 Å². The van der Waals surface area contributed by atoms with Crippen LogP contribution in [0.5, 0.6) is 0 Å². The van der Waals surface area contributed by atoms with Crippen LogP contribution in [-0.4, -0.2) is 4.98 Å². The zero-order valence-electron chi connectivity index (χ0n) is 64.2. The highest BCUT2D eigenvalue weighted by Gasteiger charge is 2.27. The maximum absolute atomic E-state index is 13.9. The molecule has 5 aromatic carbocycles. The molecule has 504 valence electrons. The maximum atomic E-state index is 13.9. The Morgan fingerprint density at radius 3 is 0.800 bits per heavy atom. The summed E-state index contributed by atoms with van der Waals surface area (Å²) in [6.45, 7) is 80.6. The number of hydrogen-bond acceptors (Lipinski definition) is 1. The average molecular weight is 1310 g/mol. The maximum Gasteiger partial charge on any atom is 0.127 e. The molecule has 0 unspecified atom stereocenters. The van der Waals surface area contributed by atoms with Crippen molar-refractivity contribution < 1.29 is 4.39 Å². The standard InChI is InChI=1S/C15H24.C14H20Cl2.C14H21Cl.C14H21F.C14H22.C13H20ClN/c1-11-10-12(14(2,3)4)8-9-13(11)15(5,6)7;1-13(2,3)9-7-10(15)12(11(16)8-9)14(4,5)6;2*1-13(2,3)10-7-8-11(12(15)9-10)14(4,5)6;1-13(2,3)11-7-9-12(10-8-11)14(4,5)6;1-12(2,3)9-7-10(14)11(15-8-9)13(4,5)6/h8-10H,1-7H3;7-8H,1-6H3;2*7-9H,1-6H3;7-10H,1-6H3;7-8H,1-6H3. The molecular formula is C84H128Cl4FN. The molecule has 90 heavy (non-hydrogen) atoms. The Hall–Kier alpha value is -3.66. The summed E-state index contributed by atoms with van der Waals surface area (Å²) < 4.78 is 13.9. The van der Waals surface area contributed by atoms with E-state index < -0.39 is 0 Å². The Balaban J connectivity index is 0.000000540. The van der Waals surface area contributed by atoms with Crippen LogP contribution in [0, 0.1) is 12.7 Å². The molecule has 0 bridgehead atoms. The molecule has 0 saturated carbocycles. The number of aromatic nitrogens is 1. The second-order valence-corrected chi connectivity index (χ2v) is 39.0. The van der Waals surface area contributed by atoms with Gasteiger partial charge in [0.15, 0.2) is 0 Å². The SMILES string of the molecule is CC(C)(C)c1cc(Cl)c(C(C)(C)C)c(Cl)c1.CC(C)(C)c1ccc(C(C)(C)C)c(Cl)c1.CC(C)(C)c1ccc(C(C)(C)C)c(F)c1.CC(C)(C)c1ccc(C(C)(C)C)cc1.CC(C)(C)c1cnc(C(C)(C)C)c(Cl)c1.Cc1cc(C(C)(C)C)ccc1C(C)(C)C. The van der Waals surface area contributed by atoms with Crippen molar-refractivity contribution >= 4 is 46.4 Å². The van der Waals surface area contributed by atoms with Crippen LogP contribution < -0.4 is 0 Å². The van der Waals surface area contributed by atoms with E-state index in [1.807, 2.05) is 57.3 Å². The van der Waals surface area contributed by atoms with Crippen LogP contribution >= 0.6 is 46.4 Å². The fraction of sp³-hybridized carbons (Fsp3) is 0.583. The van der Waals surface area contributed by atoms with Gasteiger partial charge in [-0.05, 0) is 164 Å². The third-order valence-electron chi connectivity index (χ3n) is 15.9. The largest absolute Gasteiger partial charge is 0.259 e. The van der Waals surface area contributed by atoms with E-state index in [0.717, 1.165) is 42.5 Å². The predicted molar refractivity (Wildman–Crippen MR) is 406 cm³/mol. The quantitative estimate of drug-likeness (QED) is 0.148. The molecule has 0 aliphatic rings. The Bertz CT molecular complexity index is 2880. The van der Waals surface area contributed by atoms with E-state index in [9.17, 15) is 4.39 Å². The highest BCUT2D eigenvalue weighted by atomic mass is 35.5. The summed E-state index contributed by atoms with van der Waals surface area (Å²) in [5.74, 6) is -0.0880. The van der Waals surface area contributed by atoms with Crippen molar-refractivity contribution in [2.75, 3.05) is 0 Å². The number of hydrogen-bond donors (Lipinski definition) is 0. The van der Waals surface area contributed by atoms with Gasteiger partial charge in [0, 0.05) is 26.7 Å². The zero-order chi connectivity index (χ0) is 71.1. The van der Waals surface area contributed by atoms with Gasteiger partial charge in [0.05, 0.1) is 10.7 Å². The lowest BCUT2D eigenvalue weighted by atomic mass is 9.80. The van der Waals surface area contributed by atoms with Crippen LogP contribution in [0.1, 0.15) is 322 Å². The summed E-state index contributed by atoms with van der Waals surface area (Å²) in [6.07, 6.45) is 1.94. The van der Waals surface area contributed by atoms with E-state index in [-0.39, 0.29) is 70.8 Å². The van der Waals surface area contributed by atoms with Crippen LogP contribution in [0.2, 0.25) is 20.1 Å². The zero-order valence-corrected chi connectivity index (χ0v) is 67.2. The lowest BCUT2D eigenvalue weighted by molar-refractivity contribution is 0.513. The molecule has 1 heterocycles. The van der Waals surface area contributed by atoms with E-state index >= 15 is 0 Å². The fourth-order valence-electron chi connectivity index (χ4n) is 9.74. The molecular weight excluding hydrogens is 1180 g/mol. The monoisotopic (exact) mass is 1310 g/mol. The fourth-order valence-corrected chi connectivity index (χ4v) is 11.7. The van der Waals surface area contributed by atoms with Crippen LogP contribution in [0.3, 0.4) is 0 Å². The van der Waals surface area contributed by atoms with Gasteiger partial charge in [-0.1, -0.05) is 362 Å². The molecule has 0 radical (unpaired) electrons. The van der Waals surface area contributed by atoms with Gasteiger partial charge in [-0.3, -0.25) is 4.98 Å². The number of aryl methyl sites for hydroxylation is 1. The molecule has 6 aromatic rings. The van der Waals surface area contributed by atoms with Crippen molar-refractivity contribution in [3.05, 3.63) is 202 Å². The second-order valence-electron chi connectivity index (χ2n) is 37.4. The normalized spacial score (nSPS) is 13.0. The smallest absolute Gasteiger partial charge is 0.127 e. The molecule has 0 fully saturated rings. The molecule has 0 saturated heterocycles. The number of benzene rings is 5. The van der Waals surface area contributed by atoms with Crippen LogP contribution in [-0.2, 0) is 65.0 Å². The first kappa shape index (κ1) is 84.4. The van der Waals surface area contributed by atoms with Gasteiger partial charge >= 0.3 is 0 Å². The number of pyridine rings is 1. The highest BCUT2D eigenvalue weighted by Crippen LogP contribution is 2.40. The Kier molecular flexibility index (Phi) is 28.9. The van der Waals surface area contributed by atoms with Gasteiger partial charge in [-0.15, -0.1) is 0 Å². The minimum absolute atomic E-state index is 0.00744. The van der Waals surface area contributed by atoms with Gasteiger partial charge in [0.25, 0.3) is 0 Å². The van der Waals surface area contributed by atoms with E-state index in [2.05, 4.69) is 301 Å². The minimum Gasteiger partial charge on any atom is -0.259 e. The van der Waals surface area contributed by atoms with Gasteiger partial charge in [0.1, 0.15) is 5.82 Å². The molecule has 0 aliphatic carbocycles. The summed E-state index contributed by atoms with van der Waals surface area (Å²) in [6, 6.07) is 34.1. The molecule has 0 amide bonds. The molecule has 0 N–H and O–H groups in total. The van der Waals surface area contributed by atoms with Gasteiger partial charge in [0.2, 0.25) is 0 Å². The minimum atomic E-state index is -0.125. The van der Waals surface area contributed by atoms with Crippen molar-refractivity contribution in [2.45, 2.75) is 321 Å². The van der Waals surface area contributed by atoms with Gasteiger partial charge in [-0.25, -0.2) is 4.39 Å². The van der Waals surface area contributed by atoms with E-state index in [0.29, 0.717) is 0 Å². The highest BCUT2D eigenvalue weighted by molar-refractivity contribution is 6.36. The van der Waals surface area contributed by atoms with E-state index in [1.165, 1.54) is 50.1 Å². The average Bonchev–Trinajstić information content (AvgIpc) is 0.999. The van der Waals surface area contributed by atoms with Crippen LogP contribution in [0.15, 0.2) is 103 Å². The lowest BCUT2D eigenvalue weighted by Crippen LogP contribution is -2.17. The summed E-state index contributed by atoms with van der Waals surface area (Å²) in [5, 5.41) is 3.19. The number of nitrogens with zero attached hydrogens (tertiary/aromatic N) is 1. The van der Waals surface area contributed by atoms with Crippen molar-refractivity contribution in [3.8, 4) is 0 Å². The predicted octanol–water partition coefficient (Wildman–Crippen LogP) is 28.1. The topological polar surface area (TPSA) is 12.9 Å². The molecule has 0 aliphatic heterocycles. The first-order chi connectivity index (χ1) is 39.7. The third kappa shape index (κ3) is 27.4. The summed E-state index contributed by atoms with van der Waals surface area (Å²) >= 11 is 25.3. The van der Waals surface area contributed by atoms with Crippen molar-refractivity contribution in [1.82, 2.24) is 4.98 Å². The first-order valence-corrected chi connectivity index (χ1v) is 34.2. The molecule has 1 aromatic heterocycles. The lowest BCUT2D eigenvalue weighted by Gasteiger charge is -2.26. The molecule has 0 atom stereocenters. The first-order valence-electron chi connectivity index (χ1n) is 32.7.